The fourth-order valence-electron chi connectivity index (χ4n) is 2.51. The smallest absolute Gasteiger partial charge is 0.252 e. The molecule has 1 aliphatic rings. The maximum absolute atomic E-state index is 12.2. The summed E-state index contributed by atoms with van der Waals surface area (Å²) >= 11 is 3.46. The first-order chi connectivity index (χ1) is 8.94. The summed E-state index contributed by atoms with van der Waals surface area (Å²) in [5.41, 5.74) is 2.01. The minimum absolute atomic E-state index is 0.000000000000000222. The molecular formula is C15H21BrN2O. The zero-order valence-corrected chi connectivity index (χ0v) is 13.4. The number of amides is 1. The second-order valence-corrected chi connectivity index (χ2v) is 6.49. The predicted molar refractivity (Wildman–Crippen MR) is 81.5 cm³/mol. The predicted octanol–water partition coefficient (Wildman–Crippen LogP) is 2.97. The summed E-state index contributed by atoms with van der Waals surface area (Å²) in [5, 5.41) is 3.07. The Morgan fingerprint density at radius 1 is 1.42 bits per heavy atom. The van der Waals surface area contributed by atoms with Crippen molar-refractivity contribution in [3.05, 3.63) is 33.8 Å². The number of carbonyl (C=O) groups is 1. The van der Waals surface area contributed by atoms with E-state index < -0.39 is 0 Å². The van der Waals surface area contributed by atoms with Crippen LogP contribution in [-0.2, 0) is 0 Å². The lowest BCUT2D eigenvalue weighted by Crippen LogP contribution is -2.57. The molecule has 3 nitrogen and oxygen atoms in total. The summed E-state index contributed by atoms with van der Waals surface area (Å²) in [5.74, 6) is 0.000000000000000222. The number of hydrogen-bond acceptors (Lipinski definition) is 2. The Morgan fingerprint density at radius 2 is 2.11 bits per heavy atom. The van der Waals surface area contributed by atoms with E-state index in [0.29, 0.717) is 5.56 Å². The van der Waals surface area contributed by atoms with Gasteiger partial charge in [0.15, 0.2) is 0 Å². The third kappa shape index (κ3) is 3.00. The highest BCUT2D eigenvalue weighted by Gasteiger charge is 2.39. The van der Waals surface area contributed by atoms with Crippen molar-refractivity contribution in [1.82, 2.24) is 10.2 Å². The number of hydrogen-bond donors (Lipinski definition) is 1. The van der Waals surface area contributed by atoms with Crippen LogP contribution in [-0.4, -0.2) is 37.0 Å². The SMILES string of the molecule is Cc1ccc(C(=O)NCC2(N(C)C)CCC2)c(Br)c1. The van der Waals surface area contributed by atoms with E-state index in [4.69, 9.17) is 0 Å². The van der Waals surface area contributed by atoms with Crippen molar-refractivity contribution >= 4 is 21.8 Å². The molecule has 0 saturated heterocycles. The van der Waals surface area contributed by atoms with Crippen molar-refractivity contribution in [3.63, 3.8) is 0 Å². The maximum atomic E-state index is 12.2. The van der Waals surface area contributed by atoms with E-state index >= 15 is 0 Å². The number of carbonyl (C=O) groups excluding carboxylic acids is 1. The lowest BCUT2D eigenvalue weighted by Gasteiger charge is -2.47. The van der Waals surface area contributed by atoms with Crippen LogP contribution in [0.1, 0.15) is 35.2 Å². The average Bonchev–Trinajstić information content (AvgIpc) is 2.26. The summed E-state index contributed by atoms with van der Waals surface area (Å²) < 4.78 is 0.859. The number of likely N-dealkylation sites (N-methyl/N-ethyl adjacent to an activating group) is 1. The first-order valence-electron chi connectivity index (χ1n) is 6.66. The molecule has 0 heterocycles. The van der Waals surface area contributed by atoms with Gasteiger partial charge in [-0.1, -0.05) is 6.07 Å². The molecule has 0 aliphatic heterocycles. The molecule has 0 radical (unpaired) electrons. The van der Waals surface area contributed by atoms with Gasteiger partial charge in [-0.15, -0.1) is 0 Å². The van der Waals surface area contributed by atoms with E-state index in [1.807, 2.05) is 25.1 Å². The van der Waals surface area contributed by atoms with Gasteiger partial charge in [0, 0.05) is 16.6 Å². The quantitative estimate of drug-likeness (QED) is 0.923. The number of aryl methyl sites for hydroxylation is 1. The molecule has 0 unspecified atom stereocenters. The number of benzene rings is 1. The maximum Gasteiger partial charge on any atom is 0.252 e. The van der Waals surface area contributed by atoms with Crippen LogP contribution in [0, 0.1) is 6.92 Å². The molecule has 1 N–H and O–H groups in total. The molecule has 0 atom stereocenters. The minimum atomic E-state index is 0.000000000000000222. The summed E-state index contributed by atoms with van der Waals surface area (Å²) in [6.45, 7) is 2.74. The van der Waals surface area contributed by atoms with E-state index in [9.17, 15) is 4.79 Å². The van der Waals surface area contributed by atoms with Crippen LogP contribution in [0.25, 0.3) is 0 Å². The highest BCUT2D eigenvalue weighted by atomic mass is 79.9. The van der Waals surface area contributed by atoms with Crippen LogP contribution in [0.15, 0.2) is 22.7 Å². The number of nitrogens with one attached hydrogen (secondary N) is 1. The Balaban J connectivity index is 2.01. The van der Waals surface area contributed by atoms with Crippen molar-refractivity contribution in [2.45, 2.75) is 31.7 Å². The van der Waals surface area contributed by atoms with Crippen LogP contribution in [0.5, 0.6) is 0 Å². The van der Waals surface area contributed by atoms with Gasteiger partial charge in [-0.2, -0.15) is 0 Å². The first-order valence-corrected chi connectivity index (χ1v) is 7.46. The molecule has 1 aliphatic carbocycles. The van der Waals surface area contributed by atoms with Crippen molar-refractivity contribution in [2.24, 2.45) is 0 Å². The van der Waals surface area contributed by atoms with Gasteiger partial charge in [0.2, 0.25) is 0 Å². The zero-order valence-electron chi connectivity index (χ0n) is 11.8. The number of rotatable bonds is 4. The van der Waals surface area contributed by atoms with Gasteiger partial charge < -0.3 is 10.2 Å². The van der Waals surface area contributed by atoms with E-state index in [0.717, 1.165) is 29.4 Å². The second-order valence-electron chi connectivity index (χ2n) is 5.64. The highest BCUT2D eigenvalue weighted by Crippen LogP contribution is 2.35. The summed E-state index contributed by atoms with van der Waals surface area (Å²) in [6.07, 6.45) is 3.58. The molecule has 4 heteroatoms. The van der Waals surface area contributed by atoms with Gasteiger partial charge in [-0.05, 0) is 73.9 Å². The van der Waals surface area contributed by atoms with Crippen molar-refractivity contribution in [3.8, 4) is 0 Å². The van der Waals surface area contributed by atoms with Gasteiger partial charge in [-0.3, -0.25) is 4.79 Å². The normalized spacial score (nSPS) is 17.1. The summed E-state index contributed by atoms with van der Waals surface area (Å²) in [7, 11) is 4.18. The van der Waals surface area contributed by atoms with E-state index in [1.165, 1.54) is 6.42 Å². The lowest BCUT2D eigenvalue weighted by molar-refractivity contribution is 0.0557. The van der Waals surface area contributed by atoms with Crippen molar-refractivity contribution in [1.29, 1.82) is 0 Å². The molecule has 1 aromatic rings. The molecular weight excluding hydrogens is 304 g/mol. The Morgan fingerprint density at radius 3 is 2.58 bits per heavy atom. The molecule has 0 bridgehead atoms. The van der Waals surface area contributed by atoms with E-state index in [2.05, 4.69) is 40.2 Å². The van der Waals surface area contributed by atoms with E-state index in [-0.39, 0.29) is 11.4 Å². The number of halogens is 1. The highest BCUT2D eigenvalue weighted by molar-refractivity contribution is 9.10. The fraction of sp³-hybridized carbons (Fsp3) is 0.533. The molecule has 2 rings (SSSR count). The van der Waals surface area contributed by atoms with Crippen molar-refractivity contribution in [2.75, 3.05) is 20.6 Å². The Kier molecular flexibility index (Phi) is 4.31. The first kappa shape index (κ1) is 14.5. The molecule has 19 heavy (non-hydrogen) atoms. The molecule has 104 valence electrons. The van der Waals surface area contributed by atoms with Gasteiger partial charge >= 0.3 is 0 Å². The topological polar surface area (TPSA) is 32.3 Å². The van der Waals surface area contributed by atoms with Crippen LogP contribution in [0.2, 0.25) is 0 Å². The minimum Gasteiger partial charge on any atom is -0.350 e. The van der Waals surface area contributed by atoms with Gasteiger partial charge in [0.05, 0.1) is 5.56 Å². The molecule has 1 saturated carbocycles. The number of nitrogens with zero attached hydrogens (tertiary/aromatic N) is 1. The molecule has 0 spiro atoms. The molecule has 1 fully saturated rings. The lowest BCUT2D eigenvalue weighted by atomic mass is 9.75. The molecule has 0 aromatic heterocycles. The standard InChI is InChI=1S/C15H21BrN2O/c1-11-5-6-12(13(16)9-11)14(19)17-10-15(18(2)3)7-4-8-15/h5-6,9H,4,7-8,10H2,1-3H3,(H,17,19). The average molecular weight is 325 g/mol. The third-order valence-corrected chi connectivity index (χ3v) is 4.84. The second kappa shape index (κ2) is 5.63. The van der Waals surface area contributed by atoms with Crippen LogP contribution >= 0.6 is 15.9 Å². The fourth-order valence-corrected chi connectivity index (χ4v) is 3.18. The van der Waals surface area contributed by atoms with Gasteiger partial charge in [0.25, 0.3) is 5.91 Å². The van der Waals surface area contributed by atoms with E-state index in [1.54, 1.807) is 0 Å². The Labute approximate surface area is 123 Å². The largest absolute Gasteiger partial charge is 0.350 e. The van der Waals surface area contributed by atoms with Gasteiger partial charge in [0.1, 0.15) is 0 Å². The van der Waals surface area contributed by atoms with Crippen LogP contribution in [0.4, 0.5) is 0 Å². The Bertz CT molecular complexity index is 481. The van der Waals surface area contributed by atoms with Gasteiger partial charge in [-0.25, -0.2) is 0 Å². The molecule has 1 amide bonds. The summed E-state index contributed by atoms with van der Waals surface area (Å²) in [6, 6.07) is 5.81. The van der Waals surface area contributed by atoms with Crippen molar-refractivity contribution < 1.29 is 4.79 Å². The zero-order chi connectivity index (χ0) is 14.0. The molecule has 1 aromatic carbocycles. The van der Waals surface area contributed by atoms with Crippen LogP contribution in [0.3, 0.4) is 0 Å². The van der Waals surface area contributed by atoms with Crippen LogP contribution < -0.4 is 5.32 Å². The monoisotopic (exact) mass is 324 g/mol. The third-order valence-electron chi connectivity index (χ3n) is 4.18. The Hall–Kier alpha value is -0.870. The summed E-state index contributed by atoms with van der Waals surface area (Å²) in [4.78, 5) is 14.5.